The lowest BCUT2D eigenvalue weighted by atomic mass is 10.1. The van der Waals surface area contributed by atoms with Gasteiger partial charge in [0.2, 0.25) is 0 Å². The summed E-state index contributed by atoms with van der Waals surface area (Å²) in [4.78, 5) is 16.2. The van der Waals surface area contributed by atoms with E-state index in [-0.39, 0.29) is 23.7 Å². The Balaban J connectivity index is 1.84. The molecule has 0 bridgehead atoms. The number of para-hydroxylation sites is 1. The van der Waals surface area contributed by atoms with E-state index in [4.69, 9.17) is 9.47 Å². The topological polar surface area (TPSA) is 60.5 Å². The zero-order valence-electron chi connectivity index (χ0n) is 13.9. The maximum absolute atomic E-state index is 14.4. The Kier molecular flexibility index (Phi) is 4.79. The van der Waals surface area contributed by atoms with Gasteiger partial charge in [-0.2, -0.15) is 0 Å². The summed E-state index contributed by atoms with van der Waals surface area (Å²) in [6, 6.07) is 14.4. The van der Waals surface area contributed by atoms with Crippen LogP contribution in [0.15, 0.2) is 48.5 Å². The van der Waals surface area contributed by atoms with Crippen molar-refractivity contribution >= 4 is 16.8 Å². The number of hydrogen-bond donors (Lipinski definition) is 1. The van der Waals surface area contributed by atoms with Gasteiger partial charge in [0.25, 0.3) is 5.91 Å². The maximum atomic E-state index is 14.4. The Labute approximate surface area is 144 Å². The normalized spacial score (nSPS) is 10.5. The van der Waals surface area contributed by atoms with Gasteiger partial charge in [-0.1, -0.05) is 24.3 Å². The second-order valence-corrected chi connectivity index (χ2v) is 5.32. The molecule has 1 amide bonds. The van der Waals surface area contributed by atoms with Crippen molar-refractivity contribution < 1.29 is 18.7 Å². The standard InChI is InChI=1S/C19H17FN2O3/c1-21-19(23)14-9-10-16(18(24-2)17(14)20)25-11-13-8-7-12-5-3-4-6-15(12)22-13/h3-10H,11H2,1-2H3,(H,21,23). The van der Waals surface area contributed by atoms with Gasteiger partial charge in [-0.05, 0) is 24.3 Å². The molecule has 5 nitrogen and oxygen atoms in total. The van der Waals surface area contributed by atoms with E-state index in [0.717, 1.165) is 10.9 Å². The predicted molar refractivity (Wildman–Crippen MR) is 92.4 cm³/mol. The van der Waals surface area contributed by atoms with Crippen LogP contribution in [-0.2, 0) is 6.61 Å². The summed E-state index contributed by atoms with van der Waals surface area (Å²) in [5, 5.41) is 3.41. The Morgan fingerprint density at radius 3 is 2.72 bits per heavy atom. The van der Waals surface area contributed by atoms with Crippen LogP contribution < -0.4 is 14.8 Å². The predicted octanol–water partition coefficient (Wildman–Crippen LogP) is 3.32. The maximum Gasteiger partial charge on any atom is 0.254 e. The van der Waals surface area contributed by atoms with Gasteiger partial charge in [0.1, 0.15) is 6.61 Å². The molecule has 0 aliphatic rings. The minimum Gasteiger partial charge on any atom is -0.490 e. The van der Waals surface area contributed by atoms with E-state index in [2.05, 4.69) is 10.3 Å². The summed E-state index contributed by atoms with van der Waals surface area (Å²) >= 11 is 0. The third-order valence-corrected chi connectivity index (χ3v) is 3.77. The third-order valence-electron chi connectivity index (χ3n) is 3.77. The van der Waals surface area contributed by atoms with E-state index >= 15 is 0 Å². The van der Waals surface area contributed by atoms with Gasteiger partial charge in [0.15, 0.2) is 17.3 Å². The van der Waals surface area contributed by atoms with Crippen LogP contribution in [0.5, 0.6) is 11.5 Å². The van der Waals surface area contributed by atoms with Gasteiger partial charge >= 0.3 is 0 Å². The van der Waals surface area contributed by atoms with Gasteiger partial charge in [0, 0.05) is 12.4 Å². The minimum absolute atomic E-state index is 0.101. The first-order valence-electron chi connectivity index (χ1n) is 7.70. The molecule has 0 saturated heterocycles. The smallest absolute Gasteiger partial charge is 0.254 e. The average Bonchev–Trinajstić information content (AvgIpc) is 2.65. The van der Waals surface area contributed by atoms with E-state index in [1.54, 1.807) is 0 Å². The number of amides is 1. The van der Waals surface area contributed by atoms with Gasteiger partial charge in [0.05, 0.1) is 23.9 Å². The number of fused-ring (bicyclic) bond motifs is 1. The van der Waals surface area contributed by atoms with Crippen LogP contribution in [-0.4, -0.2) is 25.0 Å². The number of rotatable bonds is 5. The molecule has 0 saturated carbocycles. The Morgan fingerprint density at radius 2 is 1.96 bits per heavy atom. The third kappa shape index (κ3) is 3.38. The van der Waals surface area contributed by atoms with E-state index in [9.17, 15) is 9.18 Å². The molecule has 3 aromatic rings. The van der Waals surface area contributed by atoms with Crippen LogP contribution in [0.25, 0.3) is 10.9 Å². The van der Waals surface area contributed by atoms with E-state index in [0.29, 0.717) is 5.69 Å². The lowest BCUT2D eigenvalue weighted by molar-refractivity contribution is 0.0958. The second-order valence-electron chi connectivity index (χ2n) is 5.32. The van der Waals surface area contributed by atoms with Crippen molar-refractivity contribution in [2.45, 2.75) is 6.61 Å². The Morgan fingerprint density at radius 1 is 1.16 bits per heavy atom. The Bertz CT molecular complexity index is 928. The van der Waals surface area contributed by atoms with Crippen molar-refractivity contribution in [1.82, 2.24) is 10.3 Å². The SMILES string of the molecule is CNC(=O)c1ccc(OCc2ccc3ccccc3n2)c(OC)c1F. The monoisotopic (exact) mass is 340 g/mol. The molecule has 128 valence electrons. The number of aromatic nitrogens is 1. The summed E-state index contributed by atoms with van der Waals surface area (Å²) in [6.45, 7) is 0.153. The summed E-state index contributed by atoms with van der Waals surface area (Å²) in [6.07, 6.45) is 0. The number of pyridine rings is 1. The second kappa shape index (κ2) is 7.17. The fourth-order valence-corrected chi connectivity index (χ4v) is 2.49. The number of nitrogens with zero attached hydrogens (tertiary/aromatic N) is 1. The zero-order valence-corrected chi connectivity index (χ0v) is 13.9. The number of halogens is 1. The molecule has 0 atom stereocenters. The number of carbonyl (C=O) groups excluding carboxylic acids is 1. The molecule has 0 aliphatic heterocycles. The Hall–Kier alpha value is -3.15. The van der Waals surface area contributed by atoms with Crippen molar-refractivity contribution in [2.75, 3.05) is 14.2 Å². The van der Waals surface area contributed by atoms with Crippen LogP contribution in [0.1, 0.15) is 16.1 Å². The first kappa shape index (κ1) is 16.7. The molecule has 6 heteroatoms. The molecule has 2 aromatic carbocycles. The first-order valence-corrected chi connectivity index (χ1v) is 7.70. The van der Waals surface area contributed by atoms with Crippen molar-refractivity contribution in [2.24, 2.45) is 0 Å². The number of ether oxygens (including phenoxy) is 2. The highest BCUT2D eigenvalue weighted by molar-refractivity contribution is 5.95. The van der Waals surface area contributed by atoms with E-state index in [1.165, 1.54) is 26.3 Å². The highest BCUT2D eigenvalue weighted by Crippen LogP contribution is 2.32. The van der Waals surface area contributed by atoms with Crippen LogP contribution in [0.3, 0.4) is 0 Å². The fourth-order valence-electron chi connectivity index (χ4n) is 2.49. The number of benzene rings is 2. The highest BCUT2D eigenvalue weighted by atomic mass is 19.1. The molecule has 25 heavy (non-hydrogen) atoms. The van der Waals surface area contributed by atoms with Crippen LogP contribution >= 0.6 is 0 Å². The molecule has 0 fully saturated rings. The van der Waals surface area contributed by atoms with E-state index < -0.39 is 11.7 Å². The molecule has 3 rings (SSSR count). The summed E-state index contributed by atoms with van der Waals surface area (Å²) in [5.41, 5.74) is 1.46. The molecule has 1 aromatic heterocycles. The molecule has 0 aliphatic carbocycles. The van der Waals surface area contributed by atoms with Crippen molar-refractivity contribution in [3.8, 4) is 11.5 Å². The summed E-state index contributed by atoms with van der Waals surface area (Å²) in [5.74, 6) is -1.19. The highest BCUT2D eigenvalue weighted by Gasteiger charge is 2.19. The minimum atomic E-state index is -0.758. The molecular formula is C19H17FN2O3. The molecular weight excluding hydrogens is 323 g/mol. The first-order chi connectivity index (χ1) is 12.1. The van der Waals surface area contributed by atoms with Crippen LogP contribution in [0, 0.1) is 5.82 Å². The lowest BCUT2D eigenvalue weighted by Gasteiger charge is -2.13. The fraction of sp³-hybridized carbons (Fsp3) is 0.158. The van der Waals surface area contributed by atoms with Gasteiger partial charge in [-0.3, -0.25) is 4.79 Å². The van der Waals surface area contributed by atoms with Crippen LogP contribution in [0.4, 0.5) is 4.39 Å². The quantitative estimate of drug-likeness (QED) is 0.774. The number of methoxy groups -OCH3 is 1. The van der Waals surface area contributed by atoms with Crippen molar-refractivity contribution in [3.05, 3.63) is 65.6 Å². The summed E-state index contributed by atoms with van der Waals surface area (Å²) in [7, 11) is 2.76. The zero-order chi connectivity index (χ0) is 17.8. The molecule has 1 heterocycles. The van der Waals surface area contributed by atoms with E-state index in [1.807, 2.05) is 36.4 Å². The molecule has 0 unspecified atom stereocenters. The lowest BCUT2D eigenvalue weighted by Crippen LogP contribution is -2.19. The number of carbonyl (C=O) groups is 1. The van der Waals surface area contributed by atoms with Gasteiger partial charge < -0.3 is 14.8 Å². The largest absolute Gasteiger partial charge is 0.490 e. The number of hydrogen-bond acceptors (Lipinski definition) is 4. The van der Waals surface area contributed by atoms with Crippen molar-refractivity contribution in [3.63, 3.8) is 0 Å². The summed E-state index contributed by atoms with van der Waals surface area (Å²) < 4.78 is 25.1. The molecule has 0 radical (unpaired) electrons. The van der Waals surface area contributed by atoms with Crippen molar-refractivity contribution in [1.29, 1.82) is 0 Å². The number of nitrogens with one attached hydrogen (secondary N) is 1. The molecule has 1 N–H and O–H groups in total. The van der Waals surface area contributed by atoms with Gasteiger partial charge in [-0.25, -0.2) is 9.37 Å². The van der Waals surface area contributed by atoms with Crippen LogP contribution in [0.2, 0.25) is 0 Å². The van der Waals surface area contributed by atoms with Gasteiger partial charge in [-0.15, -0.1) is 0 Å². The molecule has 0 spiro atoms. The average molecular weight is 340 g/mol.